The van der Waals surface area contributed by atoms with Crippen LogP contribution < -0.4 is 15.8 Å². The van der Waals surface area contributed by atoms with Crippen molar-refractivity contribution in [1.82, 2.24) is 9.55 Å². The van der Waals surface area contributed by atoms with E-state index in [0.717, 1.165) is 4.47 Å². The predicted octanol–water partition coefficient (Wildman–Crippen LogP) is 3.17. The molecule has 3 rings (SSSR count). The molecule has 28 heavy (non-hydrogen) atoms. The summed E-state index contributed by atoms with van der Waals surface area (Å²) in [5, 5.41) is 2.77. The van der Waals surface area contributed by atoms with Gasteiger partial charge >= 0.3 is 0 Å². The van der Waals surface area contributed by atoms with Crippen LogP contribution in [0.1, 0.15) is 13.8 Å². The molecule has 1 N–H and O–H groups in total. The normalized spacial score (nSPS) is 10.7. The minimum atomic E-state index is -0.485. The van der Waals surface area contributed by atoms with Crippen LogP contribution >= 0.6 is 15.9 Å². The Balaban J connectivity index is 2.02. The van der Waals surface area contributed by atoms with Crippen LogP contribution in [-0.2, 0) is 16.1 Å². The highest BCUT2D eigenvalue weighted by Gasteiger charge is 2.20. The van der Waals surface area contributed by atoms with Gasteiger partial charge in [-0.05, 0) is 43.3 Å². The van der Waals surface area contributed by atoms with E-state index in [2.05, 4.69) is 26.2 Å². The lowest BCUT2D eigenvalue weighted by molar-refractivity contribution is -0.117. The Kier molecular flexibility index (Phi) is 5.89. The van der Waals surface area contributed by atoms with Gasteiger partial charge in [-0.3, -0.25) is 23.9 Å². The number of halogens is 1. The van der Waals surface area contributed by atoms with E-state index in [-0.39, 0.29) is 24.2 Å². The molecule has 0 bridgehead atoms. The number of hydrogen-bond acceptors (Lipinski definition) is 4. The van der Waals surface area contributed by atoms with Crippen LogP contribution in [0.3, 0.4) is 0 Å². The maximum Gasteiger partial charge on any atom is 0.294 e. The number of rotatable bonds is 5. The summed E-state index contributed by atoms with van der Waals surface area (Å²) in [6.07, 6.45) is 0. The van der Waals surface area contributed by atoms with Gasteiger partial charge in [-0.15, -0.1) is 0 Å². The molecule has 2 amide bonds. The van der Waals surface area contributed by atoms with Gasteiger partial charge in [0.05, 0.1) is 11.0 Å². The number of para-hydroxylation sites is 2. The predicted molar refractivity (Wildman–Crippen MR) is 112 cm³/mol. The molecular formula is C20H19BrN4O3. The fourth-order valence-corrected chi connectivity index (χ4v) is 3.18. The molecule has 0 aliphatic heterocycles. The van der Waals surface area contributed by atoms with Crippen LogP contribution in [0, 0.1) is 0 Å². The van der Waals surface area contributed by atoms with Gasteiger partial charge in [0.25, 0.3) is 5.56 Å². The summed E-state index contributed by atoms with van der Waals surface area (Å²) in [5.74, 6) is -0.615. The Bertz CT molecular complexity index is 1090. The summed E-state index contributed by atoms with van der Waals surface area (Å²) in [6, 6.07) is 14.2. The van der Waals surface area contributed by atoms with Crippen molar-refractivity contribution in [2.75, 3.05) is 16.8 Å². The van der Waals surface area contributed by atoms with Crippen LogP contribution in [-0.4, -0.2) is 27.9 Å². The smallest absolute Gasteiger partial charge is 0.294 e. The minimum absolute atomic E-state index is 0.0186. The molecule has 0 unspecified atom stereocenters. The fraction of sp³-hybridized carbons (Fsp3) is 0.200. The number of aromatic nitrogens is 2. The van der Waals surface area contributed by atoms with Crippen molar-refractivity contribution in [3.63, 3.8) is 0 Å². The molecule has 0 aliphatic carbocycles. The maximum atomic E-state index is 13.0. The Hall–Kier alpha value is -3.00. The number of benzene rings is 2. The maximum absolute atomic E-state index is 13.0. The third-order valence-corrected chi connectivity index (χ3v) is 4.75. The van der Waals surface area contributed by atoms with E-state index < -0.39 is 5.56 Å². The van der Waals surface area contributed by atoms with Gasteiger partial charge in [0, 0.05) is 23.6 Å². The summed E-state index contributed by atoms with van der Waals surface area (Å²) < 4.78 is 2.24. The molecule has 0 atom stereocenters. The number of nitrogens with one attached hydrogen (secondary N) is 1. The highest BCUT2D eigenvalue weighted by atomic mass is 79.9. The molecule has 3 aromatic rings. The molecule has 1 aromatic heterocycles. The van der Waals surface area contributed by atoms with Crippen molar-refractivity contribution >= 4 is 50.3 Å². The molecule has 1 heterocycles. The summed E-state index contributed by atoms with van der Waals surface area (Å²) in [5.41, 5.74) is 1.20. The Morgan fingerprint density at radius 3 is 2.46 bits per heavy atom. The number of fused-ring (bicyclic) bond motifs is 1. The van der Waals surface area contributed by atoms with Gasteiger partial charge in [0.15, 0.2) is 0 Å². The first-order valence-corrected chi connectivity index (χ1v) is 9.53. The largest absolute Gasteiger partial charge is 0.325 e. The first kappa shape index (κ1) is 19.8. The van der Waals surface area contributed by atoms with Crippen molar-refractivity contribution < 1.29 is 9.59 Å². The van der Waals surface area contributed by atoms with Gasteiger partial charge in [0.2, 0.25) is 17.6 Å². The van der Waals surface area contributed by atoms with E-state index in [4.69, 9.17) is 0 Å². The van der Waals surface area contributed by atoms with Crippen LogP contribution in [0.15, 0.2) is 57.8 Å². The number of hydrogen-bond donors (Lipinski definition) is 1. The number of carbonyl (C=O) groups excluding carboxylic acids is 2. The average Bonchev–Trinajstić information content (AvgIpc) is 2.67. The lowest BCUT2D eigenvalue weighted by Crippen LogP contribution is -2.38. The van der Waals surface area contributed by atoms with Gasteiger partial charge < -0.3 is 5.32 Å². The lowest BCUT2D eigenvalue weighted by atomic mass is 10.2. The van der Waals surface area contributed by atoms with E-state index in [9.17, 15) is 14.4 Å². The van der Waals surface area contributed by atoms with E-state index in [0.29, 0.717) is 23.3 Å². The van der Waals surface area contributed by atoms with Crippen molar-refractivity contribution in [2.24, 2.45) is 0 Å². The first-order chi connectivity index (χ1) is 13.4. The zero-order chi connectivity index (χ0) is 20.3. The fourth-order valence-electron chi connectivity index (χ4n) is 2.91. The zero-order valence-corrected chi connectivity index (χ0v) is 17.1. The van der Waals surface area contributed by atoms with E-state index in [1.807, 2.05) is 12.1 Å². The first-order valence-electron chi connectivity index (χ1n) is 8.73. The summed E-state index contributed by atoms with van der Waals surface area (Å²) in [7, 11) is 0. The van der Waals surface area contributed by atoms with Crippen LogP contribution in [0.4, 0.5) is 11.5 Å². The quantitative estimate of drug-likeness (QED) is 0.657. The number of anilines is 2. The van der Waals surface area contributed by atoms with Gasteiger partial charge in [-0.2, -0.15) is 0 Å². The Morgan fingerprint density at radius 1 is 1.14 bits per heavy atom. The van der Waals surface area contributed by atoms with Crippen LogP contribution in [0.5, 0.6) is 0 Å². The average molecular weight is 443 g/mol. The van der Waals surface area contributed by atoms with Crippen molar-refractivity contribution in [1.29, 1.82) is 0 Å². The third kappa shape index (κ3) is 4.12. The number of amides is 2. The highest BCUT2D eigenvalue weighted by Crippen LogP contribution is 2.16. The van der Waals surface area contributed by atoms with Crippen LogP contribution in [0.2, 0.25) is 0 Å². The van der Waals surface area contributed by atoms with Crippen LogP contribution in [0.25, 0.3) is 11.0 Å². The molecule has 0 saturated carbocycles. The minimum Gasteiger partial charge on any atom is -0.325 e. The van der Waals surface area contributed by atoms with Crippen molar-refractivity contribution in [2.45, 2.75) is 20.4 Å². The lowest BCUT2D eigenvalue weighted by Gasteiger charge is -2.19. The Labute approximate surface area is 170 Å². The molecule has 0 radical (unpaired) electrons. The summed E-state index contributed by atoms with van der Waals surface area (Å²) in [6.45, 7) is 3.26. The monoisotopic (exact) mass is 442 g/mol. The summed E-state index contributed by atoms with van der Waals surface area (Å²) in [4.78, 5) is 43.2. The van der Waals surface area contributed by atoms with Gasteiger partial charge in [-0.1, -0.05) is 28.1 Å². The molecule has 7 nitrogen and oxygen atoms in total. The van der Waals surface area contributed by atoms with Crippen molar-refractivity contribution in [3.05, 3.63) is 63.4 Å². The molecule has 8 heteroatoms. The molecular weight excluding hydrogens is 424 g/mol. The van der Waals surface area contributed by atoms with E-state index in [1.54, 1.807) is 43.3 Å². The van der Waals surface area contributed by atoms with Gasteiger partial charge in [-0.25, -0.2) is 4.98 Å². The molecule has 0 spiro atoms. The topological polar surface area (TPSA) is 84.3 Å². The molecule has 144 valence electrons. The third-order valence-electron chi connectivity index (χ3n) is 4.22. The second-order valence-electron chi connectivity index (χ2n) is 6.13. The second kappa shape index (κ2) is 8.35. The zero-order valence-electron chi connectivity index (χ0n) is 15.5. The molecule has 0 fully saturated rings. The highest BCUT2D eigenvalue weighted by molar-refractivity contribution is 9.10. The van der Waals surface area contributed by atoms with Gasteiger partial charge in [0.1, 0.15) is 6.54 Å². The van der Waals surface area contributed by atoms with E-state index in [1.165, 1.54) is 16.4 Å². The Morgan fingerprint density at radius 2 is 1.82 bits per heavy atom. The second-order valence-corrected chi connectivity index (χ2v) is 7.05. The van der Waals surface area contributed by atoms with E-state index >= 15 is 0 Å². The number of nitrogens with zero attached hydrogens (tertiary/aromatic N) is 3. The van der Waals surface area contributed by atoms with Crippen molar-refractivity contribution in [3.8, 4) is 0 Å². The molecule has 0 saturated heterocycles. The molecule has 2 aromatic carbocycles. The molecule has 0 aliphatic rings. The summed E-state index contributed by atoms with van der Waals surface area (Å²) >= 11 is 3.34. The number of carbonyl (C=O) groups is 2. The standard InChI is InChI=1S/C20H19BrN4O3/c1-3-24(13(2)26)19-20(28)25(17-7-5-4-6-16(17)23-19)12-18(27)22-15-10-8-14(21)9-11-15/h4-11H,3,12H2,1-2H3,(H,22,27). The SMILES string of the molecule is CCN(C(C)=O)c1nc2ccccc2n(CC(=O)Nc2ccc(Br)cc2)c1=O.